The second-order valence-corrected chi connectivity index (χ2v) is 5.00. The highest BCUT2D eigenvalue weighted by molar-refractivity contribution is 5.94. The lowest BCUT2D eigenvalue weighted by atomic mass is 10.2. The third kappa shape index (κ3) is 2.96. The minimum atomic E-state index is -0.00579. The SMILES string of the molecule is O=C(NC1CC1)c1ccc(NCC2CC2)nc1. The molecular formula is C13H17N3O. The molecule has 1 heterocycles. The van der Waals surface area contributed by atoms with Crippen LogP contribution in [0.15, 0.2) is 18.3 Å². The predicted molar refractivity (Wildman–Crippen MR) is 65.9 cm³/mol. The minimum Gasteiger partial charge on any atom is -0.370 e. The van der Waals surface area contributed by atoms with Crippen LogP contribution in [0.1, 0.15) is 36.0 Å². The number of hydrogen-bond acceptors (Lipinski definition) is 3. The zero-order chi connectivity index (χ0) is 11.7. The summed E-state index contributed by atoms with van der Waals surface area (Å²) >= 11 is 0. The summed E-state index contributed by atoms with van der Waals surface area (Å²) in [6, 6.07) is 4.11. The predicted octanol–water partition coefficient (Wildman–Crippen LogP) is 1.80. The normalized spacial score (nSPS) is 18.8. The molecule has 0 bridgehead atoms. The van der Waals surface area contributed by atoms with Crippen molar-refractivity contribution in [3.63, 3.8) is 0 Å². The van der Waals surface area contributed by atoms with Gasteiger partial charge < -0.3 is 10.6 Å². The average Bonchev–Trinajstić information content (AvgIpc) is 3.22. The smallest absolute Gasteiger partial charge is 0.253 e. The number of carbonyl (C=O) groups excluding carboxylic acids is 1. The van der Waals surface area contributed by atoms with Crippen LogP contribution in [0.5, 0.6) is 0 Å². The molecule has 17 heavy (non-hydrogen) atoms. The number of rotatable bonds is 5. The van der Waals surface area contributed by atoms with Gasteiger partial charge in [0.05, 0.1) is 5.56 Å². The molecule has 0 aromatic carbocycles. The fourth-order valence-corrected chi connectivity index (χ4v) is 1.70. The Morgan fingerprint density at radius 1 is 1.29 bits per heavy atom. The Kier molecular flexibility index (Phi) is 2.71. The summed E-state index contributed by atoms with van der Waals surface area (Å²) in [5.74, 6) is 1.68. The molecule has 1 amide bonds. The number of anilines is 1. The number of pyridine rings is 1. The number of nitrogens with zero attached hydrogens (tertiary/aromatic N) is 1. The first kappa shape index (κ1) is 10.6. The first-order chi connectivity index (χ1) is 8.31. The summed E-state index contributed by atoms with van der Waals surface area (Å²) in [6.07, 6.45) is 6.52. The molecule has 2 saturated carbocycles. The van der Waals surface area contributed by atoms with E-state index in [2.05, 4.69) is 15.6 Å². The van der Waals surface area contributed by atoms with Crippen molar-refractivity contribution < 1.29 is 4.79 Å². The van der Waals surface area contributed by atoms with E-state index < -0.39 is 0 Å². The molecule has 0 radical (unpaired) electrons. The molecule has 0 saturated heterocycles. The summed E-state index contributed by atoms with van der Waals surface area (Å²) in [5.41, 5.74) is 0.647. The summed E-state index contributed by atoms with van der Waals surface area (Å²) in [4.78, 5) is 16.0. The summed E-state index contributed by atoms with van der Waals surface area (Å²) in [5, 5.41) is 6.23. The number of aromatic nitrogens is 1. The van der Waals surface area contributed by atoms with Gasteiger partial charge >= 0.3 is 0 Å². The largest absolute Gasteiger partial charge is 0.370 e. The fraction of sp³-hybridized carbons (Fsp3) is 0.538. The Morgan fingerprint density at radius 2 is 2.12 bits per heavy atom. The standard InChI is InChI=1S/C13H17N3O/c17-13(16-11-4-5-11)10-3-6-12(15-8-10)14-7-9-1-2-9/h3,6,8-9,11H,1-2,4-5,7H2,(H,14,15)(H,16,17). The highest BCUT2D eigenvalue weighted by Crippen LogP contribution is 2.28. The Bertz CT molecular complexity index is 407. The second kappa shape index (κ2) is 4.35. The van der Waals surface area contributed by atoms with Gasteiger partial charge in [0.1, 0.15) is 5.82 Å². The Balaban J connectivity index is 1.55. The van der Waals surface area contributed by atoms with E-state index in [0.29, 0.717) is 11.6 Å². The second-order valence-electron chi connectivity index (χ2n) is 5.00. The maximum Gasteiger partial charge on any atom is 0.253 e. The molecule has 2 aliphatic rings. The Hall–Kier alpha value is -1.58. The molecule has 0 unspecified atom stereocenters. The molecule has 2 fully saturated rings. The van der Waals surface area contributed by atoms with Gasteiger partial charge in [0, 0.05) is 18.8 Å². The molecule has 0 atom stereocenters. The van der Waals surface area contributed by atoms with Gasteiger partial charge in [0.2, 0.25) is 0 Å². The summed E-state index contributed by atoms with van der Waals surface area (Å²) < 4.78 is 0. The number of nitrogens with one attached hydrogen (secondary N) is 2. The van der Waals surface area contributed by atoms with Gasteiger partial charge in [-0.25, -0.2) is 4.98 Å². The quantitative estimate of drug-likeness (QED) is 0.812. The lowest BCUT2D eigenvalue weighted by Gasteiger charge is -2.06. The molecule has 0 spiro atoms. The van der Waals surface area contributed by atoms with E-state index in [9.17, 15) is 4.79 Å². The lowest BCUT2D eigenvalue weighted by Crippen LogP contribution is -2.25. The van der Waals surface area contributed by atoms with Crippen molar-refractivity contribution in [2.24, 2.45) is 5.92 Å². The van der Waals surface area contributed by atoms with Crippen LogP contribution >= 0.6 is 0 Å². The fourth-order valence-electron chi connectivity index (χ4n) is 1.70. The van der Waals surface area contributed by atoms with Crippen LogP contribution in [0.4, 0.5) is 5.82 Å². The first-order valence-electron chi connectivity index (χ1n) is 6.32. The molecule has 90 valence electrons. The van der Waals surface area contributed by atoms with Gasteiger partial charge in [-0.2, -0.15) is 0 Å². The Labute approximate surface area is 101 Å². The minimum absolute atomic E-state index is 0.00579. The van der Waals surface area contributed by atoms with Crippen LogP contribution in [0.25, 0.3) is 0 Å². The number of hydrogen-bond donors (Lipinski definition) is 2. The molecule has 2 N–H and O–H groups in total. The zero-order valence-corrected chi connectivity index (χ0v) is 9.78. The van der Waals surface area contributed by atoms with Crippen LogP contribution in [0.2, 0.25) is 0 Å². The van der Waals surface area contributed by atoms with Gasteiger partial charge in [-0.05, 0) is 43.7 Å². The van der Waals surface area contributed by atoms with Crippen molar-refractivity contribution in [2.45, 2.75) is 31.7 Å². The third-order valence-corrected chi connectivity index (χ3v) is 3.21. The van der Waals surface area contributed by atoms with Crippen molar-refractivity contribution in [3.8, 4) is 0 Å². The van der Waals surface area contributed by atoms with Crippen LogP contribution in [0.3, 0.4) is 0 Å². The maximum absolute atomic E-state index is 11.7. The van der Waals surface area contributed by atoms with Crippen molar-refractivity contribution in [1.29, 1.82) is 0 Å². The van der Waals surface area contributed by atoms with Gasteiger partial charge in [-0.3, -0.25) is 4.79 Å². The Morgan fingerprint density at radius 3 is 2.71 bits per heavy atom. The van der Waals surface area contributed by atoms with Crippen LogP contribution in [-0.4, -0.2) is 23.5 Å². The van der Waals surface area contributed by atoms with E-state index >= 15 is 0 Å². The molecule has 3 rings (SSSR count). The summed E-state index contributed by atoms with van der Waals surface area (Å²) in [7, 11) is 0. The zero-order valence-electron chi connectivity index (χ0n) is 9.78. The van der Waals surface area contributed by atoms with E-state index in [0.717, 1.165) is 31.1 Å². The van der Waals surface area contributed by atoms with E-state index in [4.69, 9.17) is 0 Å². The van der Waals surface area contributed by atoms with Crippen LogP contribution < -0.4 is 10.6 Å². The van der Waals surface area contributed by atoms with Gasteiger partial charge in [0.15, 0.2) is 0 Å². The maximum atomic E-state index is 11.7. The molecule has 2 aliphatic carbocycles. The van der Waals surface area contributed by atoms with Crippen LogP contribution in [-0.2, 0) is 0 Å². The van der Waals surface area contributed by atoms with E-state index in [1.54, 1.807) is 6.20 Å². The van der Waals surface area contributed by atoms with E-state index in [-0.39, 0.29) is 5.91 Å². The molecule has 4 heteroatoms. The van der Waals surface area contributed by atoms with Gasteiger partial charge in [-0.1, -0.05) is 0 Å². The van der Waals surface area contributed by atoms with Gasteiger partial charge in [-0.15, -0.1) is 0 Å². The molecule has 1 aromatic rings. The van der Waals surface area contributed by atoms with Crippen molar-refractivity contribution in [2.75, 3.05) is 11.9 Å². The van der Waals surface area contributed by atoms with Crippen molar-refractivity contribution >= 4 is 11.7 Å². The van der Waals surface area contributed by atoms with Crippen molar-refractivity contribution in [1.82, 2.24) is 10.3 Å². The van der Waals surface area contributed by atoms with Crippen LogP contribution in [0, 0.1) is 5.92 Å². The third-order valence-electron chi connectivity index (χ3n) is 3.21. The molecule has 4 nitrogen and oxygen atoms in total. The highest BCUT2D eigenvalue weighted by Gasteiger charge is 2.24. The number of carbonyl (C=O) groups is 1. The van der Waals surface area contributed by atoms with E-state index in [1.807, 2.05) is 12.1 Å². The van der Waals surface area contributed by atoms with Crippen molar-refractivity contribution in [3.05, 3.63) is 23.9 Å². The highest BCUT2D eigenvalue weighted by atomic mass is 16.1. The van der Waals surface area contributed by atoms with E-state index in [1.165, 1.54) is 12.8 Å². The summed E-state index contributed by atoms with van der Waals surface area (Å²) in [6.45, 7) is 1.00. The first-order valence-corrected chi connectivity index (χ1v) is 6.32. The number of amides is 1. The lowest BCUT2D eigenvalue weighted by molar-refractivity contribution is 0.0951. The molecular weight excluding hydrogens is 214 g/mol. The average molecular weight is 231 g/mol. The molecule has 0 aliphatic heterocycles. The molecule has 1 aromatic heterocycles. The topological polar surface area (TPSA) is 54.0 Å². The monoisotopic (exact) mass is 231 g/mol. The van der Waals surface area contributed by atoms with Gasteiger partial charge in [0.25, 0.3) is 5.91 Å².